The minimum atomic E-state index is -0.605. The van der Waals surface area contributed by atoms with Gasteiger partial charge in [-0.2, -0.15) is 0 Å². The van der Waals surface area contributed by atoms with E-state index in [9.17, 15) is 14.7 Å². The van der Waals surface area contributed by atoms with Gasteiger partial charge >= 0.3 is 11.9 Å². The first-order valence-corrected chi connectivity index (χ1v) is 9.39. The number of para-hydroxylation sites is 1. The summed E-state index contributed by atoms with van der Waals surface area (Å²) in [6, 6.07) is 12.2. The predicted molar refractivity (Wildman–Crippen MR) is 103 cm³/mol. The Kier molecular flexibility index (Phi) is 8.36. The molecule has 5 heteroatoms. The van der Waals surface area contributed by atoms with Crippen LogP contribution in [0.2, 0.25) is 0 Å². The third-order valence-electron chi connectivity index (χ3n) is 4.14. The van der Waals surface area contributed by atoms with Crippen molar-refractivity contribution < 1.29 is 24.2 Å². The van der Waals surface area contributed by atoms with Gasteiger partial charge in [-0.3, -0.25) is 0 Å². The summed E-state index contributed by atoms with van der Waals surface area (Å²) in [6.07, 6.45) is 6.65. The number of phenols is 1. The molecule has 0 spiro atoms. The Balaban J connectivity index is 1.89. The SMILES string of the molecule is CCCCCCCCOC(=O)c1ccccc1OC(=O)c1ccc(O)cc1. The van der Waals surface area contributed by atoms with Crippen LogP contribution in [0.15, 0.2) is 48.5 Å². The Bertz CT molecular complexity index is 737. The number of benzene rings is 2. The number of rotatable bonds is 10. The molecule has 0 saturated heterocycles. The zero-order chi connectivity index (χ0) is 19.5. The van der Waals surface area contributed by atoms with Gasteiger partial charge in [-0.1, -0.05) is 51.2 Å². The molecular formula is C22H26O5. The molecule has 5 nitrogen and oxygen atoms in total. The van der Waals surface area contributed by atoms with Gasteiger partial charge in [0.1, 0.15) is 17.1 Å². The van der Waals surface area contributed by atoms with Crippen LogP contribution in [0.4, 0.5) is 0 Å². The van der Waals surface area contributed by atoms with Crippen LogP contribution >= 0.6 is 0 Å². The lowest BCUT2D eigenvalue weighted by atomic mass is 10.1. The second-order valence-corrected chi connectivity index (χ2v) is 6.34. The summed E-state index contributed by atoms with van der Waals surface area (Å²) < 4.78 is 10.7. The molecule has 0 saturated carbocycles. The smallest absolute Gasteiger partial charge is 0.343 e. The molecule has 2 rings (SSSR count). The number of carbonyl (C=O) groups is 2. The molecule has 2 aromatic carbocycles. The lowest BCUT2D eigenvalue weighted by Crippen LogP contribution is -2.13. The maximum Gasteiger partial charge on any atom is 0.343 e. The van der Waals surface area contributed by atoms with E-state index < -0.39 is 11.9 Å². The van der Waals surface area contributed by atoms with Gasteiger partial charge in [-0.25, -0.2) is 9.59 Å². The van der Waals surface area contributed by atoms with Crippen molar-refractivity contribution in [3.8, 4) is 11.5 Å². The molecule has 0 aliphatic carbocycles. The highest BCUT2D eigenvalue weighted by Crippen LogP contribution is 2.21. The second-order valence-electron chi connectivity index (χ2n) is 6.34. The third-order valence-corrected chi connectivity index (χ3v) is 4.14. The lowest BCUT2D eigenvalue weighted by Gasteiger charge is -2.10. The summed E-state index contributed by atoms with van der Waals surface area (Å²) in [4.78, 5) is 24.5. The Morgan fingerprint density at radius 2 is 1.52 bits per heavy atom. The minimum Gasteiger partial charge on any atom is -0.508 e. The molecule has 1 N–H and O–H groups in total. The molecule has 2 aromatic rings. The van der Waals surface area contributed by atoms with Crippen molar-refractivity contribution in [2.45, 2.75) is 45.4 Å². The van der Waals surface area contributed by atoms with Crippen LogP contribution in [0.5, 0.6) is 11.5 Å². The van der Waals surface area contributed by atoms with Crippen LogP contribution < -0.4 is 4.74 Å². The highest BCUT2D eigenvalue weighted by atomic mass is 16.5. The Hall–Kier alpha value is -2.82. The zero-order valence-corrected chi connectivity index (χ0v) is 15.6. The maximum atomic E-state index is 12.3. The van der Waals surface area contributed by atoms with Crippen molar-refractivity contribution in [2.24, 2.45) is 0 Å². The lowest BCUT2D eigenvalue weighted by molar-refractivity contribution is 0.0492. The molecule has 0 atom stereocenters. The Labute approximate surface area is 159 Å². The molecule has 0 amide bonds. The standard InChI is InChI=1S/C22H26O5/c1-2-3-4-5-6-9-16-26-22(25)19-10-7-8-11-20(19)27-21(24)17-12-14-18(23)15-13-17/h7-8,10-15,23H,2-6,9,16H2,1H3. The molecule has 0 fully saturated rings. The number of ether oxygens (including phenoxy) is 2. The molecule has 0 heterocycles. The van der Waals surface area contributed by atoms with Crippen molar-refractivity contribution in [3.05, 3.63) is 59.7 Å². The summed E-state index contributed by atoms with van der Waals surface area (Å²) in [5, 5.41) is 9.29. The van der Waals surface area contributed by atoms with Gasteiger partial charge < -0.3 is 14.6 Å². The van der Waals surface area contributed by atoms with Crippen molar-refractivity contribution in [1.82, 2.24) is 0 Å². The number of phenolic OH excluding ortho intramolecular Hbond substituents is 1. The van der Waals surface area contributed by atoms with E-state index in [0.717, 1.165) is 19.3 Å². The fourth-order valence-corrected chi connectivity index (χ4v) is 2.61. The molecule has 0 aliphatic heterocycles. The number of aromatic hydroxyl groups is 1. The zero-order valence-electron chi connectivity index (χ0n) is 15.6. The first kappa shape index (κ1) is 20.5. The van der Waals surface area contributed by atoms with Crippen LogP contribution in [-0.2, 0) is 4.74 Å². The van der Waals surface area contributed by atoms with Gasteiger partial charge in [0.05, 0.1) is 12.2 Å². The Morgan fingerprint density at radius 1 is 0.852 bits per heavy atom. The van der Waals surface area contributed by atoms with Crippen molar-refractivity contribution in [1.29, 1.82) is 0 Å². The van der Waals surface area contributed by atoms with E-state index in [2.05, 4.69) is 6.92 Å². The molecule has 144 valence electrons. The van der Waals surface area contributed by atoms with E-state index in [1.54, 1.807) is 24.3 Å². The number of hydrogen-bond acceptors (Lipinski definition) is 5. The minimum absolute atomic E-state index is 0.0604. The highest BCUT2D eigenvalue weighted by molar-refractivity contribution is 5.96. The quantitative estimate of drug-likeness (QED) is 0.357. The van der Waals surface area contributed by atoms with Gasteiger partial charge in [0.2, 0.25) is 0 Å². The summed E-state index contributed by atoms with van der Waals surface area (Å²) in [6.45, 7) is 2.53. The van der Waals surface area contributed by atoms with Crippen molar-refractivity contribution in [3.63, 3.8) is 0 Å². The molecule has 0 bridgehead atoms. The first-order chi connectivity index (χ1) is 13.1. The summed E-state index contributed by atoms with van der Waals surface area (Å²) in [5.41, 5.74) is 0.499. The molecule has 27 heavy (non-hydrogen) atoms. The second kappa shape index (κ2) is 11.0. The van der Waals surface area contributed by atoms with E-state index in [4.69, 9.17) is 9.47 Å². The van der Waals surface area contributed by atoms with E-state index in [-0.39, 0.29) is 22.6 Å². The van der Waals surface area contributed by atoms with Gasteiger partial charge in [0, 0.05) is 0 Å². The summed E-state index contributed by atoms with van der Waals surface area (Å²) in [5.74, 6) is -0.891. The van der Waals surface area contributed by atoms with Crippen LogP contribution in [0.25, 0.3) is 0 Å². The molecule has 0 aliphatic rings. The van der Waals surface area contributed by atoms with E-state index in [0.29, 0.717) is 6.61 Å². The predicted octanol–water partition coefficient (Wildman–Crippen LogP) is 5.13. The Morgan fingerprint density at radius 3 is 2.26 bits per heavy atom. The van der Waals surface area contributed by atoms with E-state index in [1.165, 1.54) is 43.5 Å². The van der Waals surface area contributed by atoms with Crippen molar-refractivity contribution >= 4 is 11.9 Å². The van der Waals surface area contributed by atoms with Gasteiger partial charge in [0.25, 0.3) is 0 Å². The largest absolute Gasteiger partial charge is 0.508 e. The van der Waals surface area contributed by atoms with Crippen LogP contribution in [0.1, 0.15) is 66.2 Å². The molecular weight excluding hydrogens is 344 g/mol. The van der Waals surface area contributed by atoms with Gasteiger partial charge in [-0.15, -0.1) is 0 Å². The van der Waals surface area contributed by atoms with Gasteiger partial charge in [-0.05, 0) is 42.8 Å². The summed E-state index contributed by atoms with van der Waals surface area (Å²) in [7, 11) is 0. The molecule has 0 aromatic heterocycles. The average Bonchev–Trinajstić information content (AvgIpc) is 2.68. The number of carbonyl (C=O) groups excluding carboxylic acids is 2. The molecule has 0 unspecified atom stereocenters. The normalized spacial score (nSPS) is 10.4. The van der Waals surface area contributed by atoms with E-state index in [1.807, 2.05) is 0 Å². The third kappa shape index (κ3) is 6.77. The topological polar surface area (TPSA) is 72.8 Å². The maximum absolute atomic E-state index is 12.3. The monoisotopic (exact) mass is 370 g/mol. The van der Waals surface area contributed by atoms with E-state index >= 15 is 0 Å². The first-order valence-electron chi connectivity index (χ1n) is 9.39. The average molecular weight is 370 g/mol. The van der Waals surface area contributed by atoms with Crippen LogP contribution in [0, 0.1) is 0 Å². The van der Waals surface area contributed by atoms with Crippen LogP contribution in [-0.4, -0.2) is 23.7 Å². The number of unbranched alkanes of at least 4 members (excludes halogenated alkanes) is 5. The van der Waals surface area contributed by atoms with Crippen LogP contribution in [0.3, 0.4) is 0 Å². The van der Waals surface area contributed by atoms with Gasteiger partial charge in [0.15, 0.2) is 0 Å². The summed E-state index contributed by atoms with van der Waals surface area (Å²) >= 11 is 0. The number of hydrogen-bond donors (Lipinski definition) is 1. The van der Waals surface area contributed by atoms with Crippen molar-refractivity contribution in [2.75, 3.05) is 6.61 Å². The fraction of sp³-hybridized carbons (Fsp3) is 0.364. The fourth-order valence-electron chi connectivity index (χ4n) is 2.61. The number of esters is 2. The highest BCUT2D eigenvalue weighted by Gasteiger charge is 2.17. The molecule has 0 radical (unpaired) electrons.